The predicted molar refractivity (Wildman–Crippen MR) is 63.9 cm³/mol. The van der Waals surface area contributed by atoms with Crippen LogP contribution in [0.4, 0.5) is 0 Å². The number of hydrogen-bond donors (Lipinski definition) is 0. The summed E-state index contributed by atoms with van der Waals surface area (Å²) < 4.78 is 2.14. The van der Waals surface area contributed by atoms with E-state index in [4.69, 9.17) is 0 Å². The van der Waals surface area contributed by atoms with E-state index >= 15 is 0 Å². The second kappa shape index (κ2) is 3.45. The van der Waals surface area contributed by atoms with E-state index in [0.29, 0.717) is 0 Å². The fourth-order valence-corrected chi connectivity index (χ4v) is 1.97. The van der Waals surface area contributed by atoms with Crippen molar-refractivity contribution < 1.29 is 0 Å². The molecule has 2 heterocycles. The first-order valence-electron chi connectivity index (χ1n) is 5.19. The lowest BCUT2D eigenvalue weighted by Crippen LogP contribution is -1.93. The summed E-state index contributed by atoms with van der Waals surface area (Å²) in [6.07, 6.45) is 1.69. The Bertz CT molecular complexity index is 626. The van der Waals surface area contributed by atoms with Gasteiger partial charge in [0, 0.05) is 24.1 Å². The van der Waals surface area contributed by atoms with Crippen LogP contribution in [-0.2, 0) is 7.05 Å². The van der Waals surface area contributed by atoms with E-state index in [-0.39, 0.29) is 0 Å². The molecule has 1 aromatic carbocycles. The van der Waals surface area contributed by atoms with Crippen molar-refractivity contribution in [2.45, 2.75) is 0 Å². The van der Waals surface area contributed by atoms with Crippen LogP contribution in [-0.4, -0.2) is 14.8 Å². The summed E-state index contributed by atoms with van der Waals surface area (Å²) in [6.45, 7) is 0. The molecule has 3 nitrogen and oxygen atoms in total. The zero-order chi connectivity index (χ0) is 11.0. The summed E-state index contributed by atoms with van der Waals surface area (Å²) in [5.41, 5.74) is 3.21. The van der Waals surface area contributed by atoms with Gasteiger partial charge in [-0.05, 0) is 24.3 Å². The largest absolute Gasteiger partial charge is 0.342 e. The predicted octanol–water partition coefficient (Wildman–Crippen LogP) is 2.64. The lowest BCUT2D eigenvalue weighted by Gasteiger charge is -2.01. The topological polar surface area (TPSA) is 30.7 Å². The average Bonchev–Trinajstić information content (AvgIpc) is 2.69. The van der Waals surface area contributed by atoms with Gasteiger partial charge in [0.15, 0.2) is 0 Å². The molecular weight excluding hydrogens is 198 g/mol. The molecule has 3 heteroatoms. The zero-order valence-corrected chi connectivity index (χ0v) is 8.96. The van der Waals surface area contributed by atoms with Crippen LogP contribution in [0.15, 0.2) is 48.7 Å². The maximum absolute atomic E-state index is 4.13. The molecule has 0 saturated carbocycles. The van der Waals surface area contributed by atoms with Gasteiger partial charge in [-0.1, -0.05) is 18.2 Å². The maximum Gasteiger partial charge on any atom is 0.109 e. The Labute approximate surface area is 93.4 Å². The molecule has 2 aromatic heterocycles. The summed E-state index contributed by atoms with van der Waals surface area (Å²) in [6, 6.07) is 14.3. The first-order valence-corrected chi connectivity index (χ1v) is 5.19. The molecule has 0 aliphatic carbocycles. The van der Waals surface area contributed by atoms with Gasteiger partial charge in [-0.15, -0.1) is 5.10 Å². The second-order valence-corrected chi connectivity index (χ2v) is 3.76. The van der Waals surface area contributed by atoms with Crippen LogP contribution in [0, 0.1) is 0 Å². The highest BCUT2D eigenvalue weighted by Gasteiger charge is 2.07. The van der Waals surface area contributed by atoms with Crippen LogP contribution in [0.25, 0.3) is 22.3 Å². The number of aromatic nitrogens is 3. The number of para-hydroxylation sites is 1. The monoisotopic (exact) mass is 209 g/mol. The molecule has 0 radical (unpaired) electrons. The smallest absolute Gasteiger partial charge is 0.109 e. The van der Waals surface area contributed by atoms with Gasteiger partial charge in [-0.2, -0.15) is 5.10 Å². The van der Waals surface area contributed by atoms with Crippen LogP contribution >= 0.6 is 0 Å². The third-order valence-corrected chi connectivity index (χ3v) is 2.79. The van der Waals surface area contributed by atoms with Gasteiger partial charge >= 0.3 is 0 Å². The molecule has 0 atom stereocenters. The quantitative estimate of drug-likeness (QED) is 0.616. The van der Waals surface area contributed by atoms with E-state index in [1.165, 1.54) is 10.9 Å². The standard InChI is InChI=1S/C13H11N3/c1-16-12-7-3-2-5-10(12)9-13(16)11-6-4-8-14-15-11/h2-9H,1H3. The number of aryl methyl sites for hydroxylation is 1. The molecule has 0 bridgehead atoms. The van der Waals surface area contributed by atoms with Crippen LogP contribution < -0.4 is 0 Å². The molecule has 0 aliphatic rings. The summed E-state index contributed by atoms with van der Waals surface area (Å²) in [4.78, 5) is 0. The Morgan fingerprint density at radius 2 is 1.94 bits per heavy atom. The molecule has 0 amide bonds. The van der Waals surface area contributed by atoms with Crippen molar-refractivity contribution in [3.05, 3.63) is 48.7 Å². The van der Waals surface area contributed by atoms with Gasteiger partial charge in [-0.25, -0.2) is 0 Å². The van der Waals surface area contributed by atoms with Crippen molar-refractivity contribution >= 4 is 10.9 Å². The summed E-state index contributed by atoms with van der Waals surface area (Å²) in [5, 5.41) is 9.27. The Balaban J connectivity index is 2.29. The van der Waals surface area contributed by atoms with Crippen LogP contribution in [0.1, 0.15) is 0 Å². The Morgan fingerprint density at radius 1 is 1.06 bits per heavy atom. The van der Waals surface area contributed by atoms with Gasteiger partial charge in [0.05, 0.1) is 5.69 Å². The second-order valence-electron chi connectivity index (χ2n) is 3.76. The molecular formula is C13H11N3. The molecule has 0 saturated heterocycles. The van der Waals surface area contributed by atoms with Crippen molar-refractivity contribution in [1.29, 1.82) is 0 Å². The Kier molecular flexibility index (Phi) is 1.96. The van der Waals surface area contributed by atoms with E-state index in [1.54, 1.807) is 6.20 Å². The van der Waals surface area contributed by atoms with E-state index in [1.807, 2.05) is 31.3 Å². The molecule has 0 N–H and O–H groups in total. The van der Waals surface area contributed by atoms with Crippen molar-refractivity contribution in [2.75, 3.05) is 0 Å². The Hall–Kier alpha value is -2.16. The van der Waals surface area contributed by atoms with Crippen molar-refractivity contribution in [3.63, 3.8) is 0 Å². The minimum atomic E-state index is 0.904. The molecule has 78 valence electrons. The molecule has 0 spiro atoms. The highest BCUT2D eigenvalue weighted by molar-refractivity contribution is 5.86. The molecule has 16 heavy (non-hydrogen) atoms. The number of benzene rings is 1. The minimum absolute atomic E-state index is 0.904. The normalized spacial score (nSPS) is 10.8. The summed E-state index contributed by atoms with van der Waals surface area (Å²) in [5.74, 6) is 0. The van der Waals surface area contributed by atoms with Gasteiger partial charge < -0.3 is 4.57 Å². The lowest BCUT2D eigenvalue weighted by molar-refractivity contribution is 0.949. The summed E-state index contributed by atoms with van der Waals surface area (Å²) >= 11 is 0. The third-order valence-electron chi connectivity index (χ3n) is 2.79. The molecule has 0 unspecified atom stereocenters. The van der Waals surface area contributed by atoms with E-state index in [9.17, 15) is 0 Å². The molecule has 3 aromatic rings. The minimum Gasteiger partial charge on any atom is -0.342 e. The highest BCUT2D eigenvalue weighted by atomic mass is 15.1. The summed E-state index contributed by atoms with van der Waals surface area (Å²) in [7, 11) is 2.05. The van der Waals surface area contributed by atoms with Gasteiger partial charge in [0.1, 0.15) is 5.69 Å². The molecule has 0 fully saturated rings. The van der Waals surface area contributed by atoms with Gasteiger partial charge in [0.25, 0.3) is 0 Å². The number of nitrogens with zero attached hydrogens (tertiary/aromatic N) is 3. The van der Waals surface area contributed by atoms with Crippen LogP contribution in [0.3, 0.4) is 0 Å². The Morgan fingerprint density at radius 3 is 2.69 bits per heavy atom. The fourth-order valence-electron chi connectivity index (χ4n) is 1.97. The van der Waals surface area contributed by atoms with Crippen molar-refractivity contribution in [1.82, 2.24) is 14.8 Å². The lowest BCUT2D eigenvalue weighted by atomic mass is 10.2. The van der Waals surface area contributed by atoms with Crippen LogP contribution in [0.5, 0.6) is 0 Å². The van der Waals surface area contributed by atoms with E-state index in [0.717, 1.165) is 11.4 Å². The first kappa shape index (κ1) is 9.09. The number of fused-ring (bicyclic) bond motifs is 1. The van der Waals surface area contributed by atoms with Crippen LogP contribution in [0.2, 0.25) is 0 Å². The molecule has 3 rings (SSSR count). The molecule has 0 aliphatic heterocycles. The zero-order valence-electron chi connectivity index (χ0n) is 8.96. The highest BCUT2D eigenvalue weighted by Crippen LogP contribution is 2.24. The first-order chi connectivity index (χ1) is 7.86. The van der Waals surface area contributed by atoms with E-state index < -0.39 is 0 Å². The third kappa shape index (κ3) is 1.29. The SMILES string of the molecule is Cn1c(-c2cccnn2)cc2ccccc21. The van der Waals surface area contributed by atoms with Crippen molar-refractivity contribution in [2.24, 2.45) is 7.05 Å². The maximum atomic E-state index is 4.13. The van der Waals surface area contributed by atoms with Gasteiger partial charge in [0.2, 0.25) is 0 Å². The van der Waals surface area contributed by atoms with Crippen molar-refractivity contribution in [3.8, 4) is 11.4 Å². The number of hydrogen-bond acceptors (Lipinski definition) is 2. The van der Waals surface area contributed by atoms with Gasteiger partial charge in [-0.3, -0.25) is 0 Å². The fraction of sp³-hybridized carbons (Fsp3) is 0.0769. The van der Waals surface area contributed by atoms with E-state index in [2.05, 4.69) is 33.0 Å². The average molecular weight is 209 g/mol. The number of rotatable bonds is 1.